The van der Waals surface area contributed by atoms with Crippen molar-refractivity contribution in [2.24, 2.45) is 0 Å². The van der Waals surface area contributed by atoms with Crippen molar-refractivity contribution in [3.63, 3.8) is 0 Å². The molecule has 1 aliphatic rings. The average molecular weight is 428 g/mol. The fourth-order valence-electron chi connectivity index (χ4n) is 3.40. The number of rotatable bonds is 7. The summed E-state index contributed by atoms with van der Waals surface area (Å²) in [6, 6.07) is 22.3. The van der Waals surface area contributed by atoms with Crippen LogP contribution >= 0.6 is 0 Å². The summed E-state index contributed by atoms with van der Waals surface area (Å²) in [6.07, 6.45) is 1.67. The number of hydrogen-bond acceptors (Lipinski definition) is 6. The minimum atomic E-state index is -0.227. The summed E-state index contributed by atoms with van der Waals surface area (Å²) in [5.74, 6) is 2.82. The molecule has 1 aliphatic heterocycles. The Labute approximate surface area is 184 Å². The second-order valence-corrected chi connectivity index (χ2v) is 7.06. The van der Waals surface area contributed by atoms with Gasteiger partial charge in [-0.25, -0.2) is 4.98 Å². The van der Waals surface area contributed by atoms with Crippen molar-refractivity contribution in [2.75, 3.05) is 19.9 Å². The normalized spacial score (nSPS) is 11.9. The molecule has 0 radical (unpaired) electrons. The summed E-state index contributed by atoms with van der Waals surface area (Å²) >= 11 is 0. The number of fused-ring (bicyclic) bond motifs is 1. The van der Waals surface area contributed by atoms with E-state index in [0.29, 0.717) is 53.2 Å². The highest BCUT2D eigenvalue weighted by molar-refractivity contribution is 6.00. The number of nitrogens with zero attached hydrogens (tertiary/aromatic N) is 1. The molecule has 2 heterocycles. The van der Waals surface area contributed by atoms with Crippen LogP contribution < -0.4 is 19.5 Å². The number of carbonyl (C=O) groups is 1. The number of nitrogens with one attached hydrogen (secondary N) is 1. The van der Waals surface area contributed by atoms with Crippen LogP contribution in [0, 0.1) is 0 Å². The largest absolute Gasteiger partial charge is 0.492 e. The molecule has 1 aromatic heterocycles. The lowest BCUT2D eigenvalue weighted by Gasteiger charge is -2.10. The van der Waals surface area contributed by atoms with Gasteiger partial charge in [0.15, 0.2) is 17.3 Å². The number of hydrogen-bond donors (Lipinski definition) is 1. The van der Waals surface area contributed by atoms with Crippen molar-refractivity contribution >= 4 is 5.91 Å². The van der Waals surface area contributed by atoms with E-state index >= 15 is 0 Å². The van der Waals surface area contributed by atoms with E-state index in [1.54, 1.807) is 30.5 Å². The van der Waals surface area contributed by atoms with Gasteiger partial charge in [-0.1, -0.05) is 42.5 Å². The molecule has 0 unspecified atom stereocenters. The highest BCUT2D eigenvalue weighted by Crippen LogP contribution is 2.35. The second-order valence-electron chi connectivity index (χ2n) is 7.06. The average Bonchev–Trinajstić information content (AvgIpc) is 3.52. The summed E-state index contributed by atoms with van der Waals surface area (Å²) < 4.78 is 22.3. The van der Waals surface area contributed by atoms with E-state index in [9.17, 15) is 4.79 Å². The second kappa shape index (κ2) is 8.85. The van der Waals surface area contributed by atoms with Crippen molar-refractivity contribution in [1.82, 2.24) is 10.3 Å². The maximum Gasteiger partial charge on any atom is 0.252 e. The van der Waals surface area contributed by atoms with Crippen LogP contribution in [-0.4, -0.2) is 30.8 Å². The zero-order valence-electron chi connectivity index (χ0n) is 17.1. The Hall–Kier alpha value is -4.26. The monoisotopic (exact) mass is 428 g/mol. The van der Waals surface area contributed by atoms with Crippen molar-refractivity contribution in [3.8, 4) is 40.0 Å². The van der Waals surface area contributed by atoms with Crippen LogP contribution in [0.25, 0.3) is 22.8 Å². The van der Waals surface area contributed by atoms with Gasteiger partial charge in [0.2, 0.25) is 12.7 Å². The molecule has 0 atom stereocenters. The molecule has 3 aromatic carbocycles. The molecule has 0 bridgehead atoms. The van der Waals surface area contributed by atoms with Crippen LogP contribution in [-0.2, 0) is 0 Å². The summed E-state index contributed by atoms with van der Waals surface area (Å²) in [5, 5.41) is 2.88. The first kappa shape index (κ1) is 19.7. The Kier molecular flexibility index (Phi) is 5.45. The Morgan fingerprint density at radius 1 is 0.969 bits per heavy atom. The molecular formula is C25H20N2O5. The smallest absolute Gasteiger partial charge is 0.252 e. The van der Waals surface area contributed by atoms with Gasteiger partial charge in [0.05, 0.1) is 18.3 Å². The van der Waals surface area contributed by atoms with Gasteiger partial charge in [-0.05, 0) is 24.3 Å². The highest BCUT2D eigenvalue weighted by Gasteiger charge is 2.17. The van der Waals surface area contributed by atoms with Crippen LogP contribution in [0.15, 0.2) is 83.4 Å². The SMILES string of the molecule is O=C(NCCOc1ccc2c(c1)OCO2)c1ccccc1-c1ncc(-c2ccccc2)o1. The van der Waals surface area contributed by atoms with E-state index in [1.807, 2.05) is 48.5 Å². The van der Waals surface area contributed by atoms with Crippen molar-refractivity contribution in [3.05, 3.63) is 84.6 Å². The third kappa shape index (κ3) is 4.13. The predicted octanol–water partition coefficient (Wildman–Crippen LogP) is 4.55. The lowest BCUT2D eigenvalue weighted by Crippen LogP contribution is -2.28. The summed E-state index contributed by atoms with van der Waals surface area (Å²) in [5.41, 5.74) is 2.04. The first-order chi connectivity index (χ1) is 15.8. The first-order valence-corrected chi connectivity index (χ1v) is 10.2. The fourth-order valence-corrected chi connectivity index (χ4v) is 3.40. The van der Waals surface area contributed by atoms with Gasteiger partial charge in [0, 0.05) is 17.2 Å². The number of aromatic nitrogens is 1. The van der Waals surface area contributed by atoms with Gasteiger partial charge in [-0.15, -0.1) is 0 Å². The van der Waals surface area contributed by atoms with Crippen LogP contribution in [0.2, 0.25) is 0 Å². The summed E-state index contributed by atoms with van der Waals surface area (Å²) in [6.45, 7) is 0.860. The van der Waals surface area contributed by atoms with Gasteiger partial charge >= 0.3 is 0 Å². The lowest BCUT2D eigenvalue weighted by atomic mass is 10.1. The van der Waals surface area contributed by atoms with E-state index in [0.717, 1.165) is 5.56 Å². The predicted molar refractivity (Wildman–Crippen MR) is 118 cm³/mol. The molecule has 160 valence electrons. The van der Waals surface area contributed by atoms with E-state index in [-0.39, 0.29) is 12.7 Å². The number of carbonyl (C=O) groups excluding carboxylic acids is 1. The number of benzene rings is 3. The number of ether oxygens (including phenoxy) is 3. The standard InChI is InChI=1S/C25H20N2O5/c28-24(26-12-13-29-18-10-11-21-22(14-18)31-16-30-21)19-8-4-5-9-20(19)25-27-15-23(32-25)17-6-2-1-3-7-17/h1-11,14-15H,12-13,16H2,(H,26,28). The number of amides is 1. The van der Waals surface area contributed by atoms with Gasteiger partial charge in [-0.3, -0.25) is 4.79 Å². The Morgan fingerprint density at radius 3 is 2.69 bits per heavy atom. The van der Waals surface area contributed by atoms with Crippen LogP contribution in [0.5, 0.6) is 17.2 Å². The Bertz CT molecular complexity index is 1240. The molecule has 32 heavy (non-hydrogen) atoms. The van der Waals surface area contributed by atoms with Crippen molar-refractivity contribution in [1.29, 1.82) is 0 Å². The van der Waals surface area contributed by atoms with Crippen LogP contribution in [0.1, 0.15) is 10.4 Å². The van der Waals surface area contributed by atoms with E-state index < -0.39 is 0 Å². The van der Waals surface area contributed by atoms with Crippen LogP contribution in [0.4, 0.5) is 0 Å². The maximum absolute atomic E-state index is 12.8. The minimum absolute atomic E-state index is 0.214. The molecule has 0 saturated carbocycles. The van der Waals surface area contributed by atoms with E-state index in [2.05, 4.69) is 10.3 Å². The molecule has 7 nitrogen and oxygen atoms in total. The first-order valence-electron chi connectivity index (χ1n) is 10.2. The molecule has 0 fully saturated rings. The summed E-state index contributed by atoms with van der Waals surface area (Å²) in [7, 11) is 0. The third-order valence-electron chi connectivity index (χ3n) is 4.97. The molecule has 7 heteroatoms. The third-order valence-corrected chi connectivity index (χ3v) is 4.97. The fraction of sp³-hybridized carbons (Fsp3) is 0.120. The molecule has 0 saturated heterocycles. The Balaban J connectivity index is 1.23. The van der Waals surface area contributed by atoms with Crippen molar-refractivity contribution < 1.29 is 23.4 Å². The topological polar surface area (TPSA) is 82.8 Å². The van der Waals surface area contributed by atoms with Gasteiger partial charge in [-0.2, -0.15) is 0 Å². The zero-order chi connectivity index (χ0) is 21.8. The van der Waals surface area contributed by atoms with E-state index in [4.69, 9.17) is 18.6 Å². The van der Waals surface area contributed by atoms with Crippen molar-refractivity contribution in [2.45, 2.75) is 0 Å². The van der Waals surface area contributed by atoms with Gasteiger partial charge < -0.3 is 23.9 Å². The molecular weight excluding hydrogens is 408 g/mol. The zero-order valence-corrected chi connectivity index (χ0v) is 17.1. The highest BCUT2D eigenvalue weighted by atomic mass is 16.7. The lowest BCUT2D eigenvalue weighted by molar-refractivity contribution is 0.0947. The molecule has 1 amide bonds. The molecule has 0 spiro atoms. The van der Waals surface area contributed by atoms with Gasteiger partial charge in [0.1, 0.15) is 12.4 Å². The van der Waals surface area contributed by atoms with E-state index in [1.165, 1.54) is 0 Å². The Morgan fingerprint density at radius 2 is 1.78 bits per heavy atom. The maximum atomic E-state index is 12.8. The minimum Gasteiger partial charge on any atom is -0.492 e. The molecule has 5 rings (SSSR count). The molecule has 0 aliphatic carbocycles. The number of oxazole rings is 1. The summed E-state index contributed by atoms with van der Waals surface area (Å²) in [4.78, 5) is 17.2. The molecule has 1 N–H and O–H groups in total. The quantitative estimate of drug-likeness (QED) is 0.435. The van der Waals surface area contributed by atoms with Gasteiger partial charge in [0.25, 0.3) is 5.91 Å². The van der Waals surface area contributed by atoms with Crippen LogP contribution in [0.3, 0.4) is 0 Å². The molecule has 4 aromatic rings.